The van der Waals surface area contributed by atoms with Crippen LogP contribution in [0.1, 0.15) is 11.1 Å². The molecule has 3 N–H and O–H groups in total. The third-order valence-corrected chi connectivity index (χ3v) is 3.11. The molecule has 0 aliphatic rings. The Morgan fingerprint density at radius 1 is 1.43 bits per heavy atom. The van der Waals surface area contributed by atoms with E-state index in [0.717, 1.165) is 6.26 Å². The number of benzene rings is 1. The highest BCUT2D eigenvalue weighted by Gasteiger charge is 2.12. The fraction of sp³-hybridized carbons (Fsp3) is 0.333. The lowest BCUT2D eigenvalue weighted by atomic mass is 10.1. The van der Waals surface area contributed by atoms with Gasteiger partial charge < -0.3 is 10.8 Å². The standard InChI is InChI=1S/C9H13NO3S/c1-14(12,13)9-4-7(6-11)2-3-8(9)5-10/h2-4,11H,5-6,10H2,1H3. The molecule has 0 aliphatic carbocycles. The average Bonchev–Trinajstić information content (AvgIpc) is 2.15. The quantitative estimate of drug-likeness (QED) is 0.746. The van der Waals surface area contributed by atoms with E-state index in [9.17, 15) is 8.42 Å². The number of aliphatic hydroxyl groups excluding tert-OH is 1. The number of sulfone groups is 1. The van der Waals surface area contributed by atoms with Crippen molar-refractivity contribution in [3.63, 3.8) is 0 Å². The van der Waals surface area contributed by atoms with Crippen molar-refractivity contribution in [2.75, 3.05) is 6.26 Å². The predicted molar refractivity (Wildman–Crippen MR) is 53.4 cm³/mol. The highest BCUT2D eigenvalue weighted by atomic mass is 32.2. The average molecular weight is 215 g/mol. The zero-order valence-electron chi connectivity index (χ0n) is 7.90. The lowest BCUT2D eigenvalue weighted by molar-refractivity contribution is 0.281. The number of nitrogens with two attached hydrogens (primary N) is 1. The summed E-state index contributed by atoms with van der Waals surface area (Å²) >= 11 is 0. The molecule has 78 valence electrons. The van der Waals surface area contributed by atoms with Crippen LogP contribution >= 0.6 is 0 Å². The van der Waals surface area contributed by atoms with Crippen LogP contribution in [0, 0.1) is 0 Å². The fourth-order valence-electron chi connectivity index (χ4n) is 1.21. The number of hydrogen-bond donors (Lipinski definition) is 2. The molecule has 1 aromatic carbocycles. The maximum absolute atomic E-state index is 11.3. The van der Waals surface area contributed by atoms with Gasteiger partial charge in [0.2, 0.25) is 0 Å². The molecule has 0 saturated carbocycles. The van der Waals surface area contributed by atoms with Crippen molar-refractivity contribution >= 4 is 9.84 Å². The molecule has 0 amide bonds. The molecule has 0 atom stereocenters. The monoisotopic (exact) mass is 215 g/mol. The fourth-order valence-corrected chi connectivity index (χ4v) is 2.20. The van der Waals surface area contributed by atoms with Crippen LogP contribution in [0.15, 0.2) is 23.1 Å². The lowest BCUT2D eigenvalue weighted by Gasteiger charge is -2.07. The molecule has 4 nitrogen and oxygen atoms in total. The van der Waals surface area contributed by atoms with Crippen molar-refractivity contribution in [3.8, 4) is 0 Å². The van der Waals surface area contributed by atoms with Gasteiger partial charge in [0.05, 0.1) is 11.5 Å². The number of rotatable bonds is 3. The molecule has 0 radical (unpaired) electrons. The molecule has 0 bridgehead atoms. The van der Waals surface area contributed by atoms with E-state index < -0.39 is 9.84 Å². The van der Waals surface area contributed by atoms with E-state index in [4.69, 9.17) is 10.8 Å². The van der Waals surface area contributed by atoms with Crippen molar-refractivity contribution in [1.29, 1.82) is 0 Å². The van der Waals surface area contributed by atoms with E-state index in [0.29, 0.717) is 11.1 Å². The van der Waals surface area contributed by atoms with E-state index in [-0.39, 0.29) is 18.0 Å². The Balaban J connectivity index is 3.37. The largest absolute Gasteiger partial charge is 0.392 e. The lowest BCUT2D eigenvalue weighted by Crippen LogP contribution is -2.07. The van der Waals surface area contributed by atoms with Crippen molar-refractivity contribution < 1.29 is 13.5 Å². The van der Waals surface area contributed by atoms with E-state index in [1.807, 2.05) is 0 Å². The summed E-state index contributed by atoms with van der Waals surface area (Å²) in [6.07, 6.45) is 1.13. The maximum atomic E-state index is 11.3. The van der Waals surface area contributed by atoms with Gasteiger partial charge in [-0.25, -0.2) is 8.42 Å². The molecule has 0 saturated heterocycles. The molecule has 0 fully saturated rings. The van der Waals surface area contributed by atoms with Gasteiger partial charge in [0.1, 0.15) is 0 Å². The zero-order chi connectivity index (χ0) is 10.8. The van der Waals surface area contributed by atoms with Crippen LogP contribution in [0.25, 0.3) is 0 Å². The molecule has 5 heteroatoms. The predicted octanol–water partition coefficient (Wildman–Crippen LogP) is 0.0411. The van der Waals surface area contributed by atoms with E-state index in [1.54, 1.807) is 12.1 Å². The molecular weight excluding hydrogens is 202 g/mol. The Morgan fingerprint density at radius 2 is 2.07 bits per heavy atom. The van der Waals surface area contributed by atoms with Crippen molar-refractivity contribution in [2.45, 2.75) is 18.0 Å². The van der Waals surface area contributed by atoms with E-state index >= 15 is 0 Å². The van der Waals surface area contributed by atoms with Gasteiger partial charge in [0.15, 0.2) is 9.84 Å². The third kappa shape index (κ3) is 2.31. The summed E-state index contributed by atoms with van der Waals surface area (Å²) in [5.41, 5.74) is 6.56. The van der Waals surface area contributed by atoms with E-state index in [1.165, 1.54) is 6.07 Å². The van der Waals surface area contributed by atoms with Gasteiger partial charge in [-0.15, -0.1) is 0 Å². The zero-order valence-corrected chi connectivity index (χ0v) is 8.71. The second kappa shape index (κ2) is 4.08. The van der Waals surface area contributed by atoms with Gasteiger partial charge in [-0.1, -0.05) is 12.1 Å². The summed E-state index contributed by atoms with van der Waals surface area (Å²) < 4.78 is 22.7. The minimum Gasteiger partial charge on any atom is -0.392 e. The van der Waals surface area contributed by atoms with Gasteiger partial charge in [0.25, 0.3) is 0 Å². The first kappa shape index (κ1) is 11.2. The van der Waals surface area contributed by atoms with Crippen molar-refractivity contribution in [2.24, 2.45) is 5.73 Å². The minimum absolute atomic E-state index is 0.173. The Morgan fingerprint density at radius 3 is 2.50 bits per heavy atom. The molecule has 0 unspecified atom stereocenters. The molecular formula is C9H13NO3S. The first-order valence-electron chi connectivity index (χ1n) is 4.12. The molecule has 14 heavy (non-hydrogen) atoms. The highest BCUT2D eigenvalue weighted by Crippen LogP contribution is 2.17. The normalized spacial score (nSPS) is 11.6. The molecule has 0 spiro atoms. The summed E-state index contributed by atoms with van der Waals surface area (Å²) in [5, 5.41) is 8.87. The summed E-state index contributed by atoms with van der Waals surface area (Å²) in [7, 11) is -3.27. The first-order chi connectivity index (χ1) is 6.49. The van der Waals surface area contributed by atoms with Crippen molar-refractivity contribution in [3.05, 3.63) is 29.3 Å². The second-order valence-corrected chi connectivity index (χ2v) is 5.06. The third-order valence-electron chi connectivity index (χ3n) is 1.93. The summed E-state index contributed by atoms with van der Waals surface area (Å²) in [6.45, 7) is 0.00147. The summed E-state index contributed by atoms with van der Waals surface area (Å²) in [6, 6.07) is 4.75. The number of hydrogen-bond acceptors (Lipinski definition) is 4. The Kier molecular flexibility index (Phi) is 3.25. The number of aliphatic hydroxyl groups is 1. The molecule has 0 heterocycles. The molecule has 0 aliphatic heterocycles. The Hall–Kier alpha value is -0.910. The van der Waals surface area contributed by atoms with Crippen LogP contribution in [0.3, 0.4) is 0 Å². The van der Waals surface area contributed by atoms with Gasteiger partial charge in [-0.05, 0) is 17.2 Å². The topological polar surface area (TPSA) is 80.4 Å². The van der Waals surface area contributed by atoms with Crippen LogP contribution in [-0.4, -0.2) is 19.8 Å². The Labute approximate surface area is 83.3 Å². The van der Waals surface area contributed by atoms with Crippen LogP contribution in [0.2, 0.25) is 0 Å². The van der Waals surface area contributed by atoms with Gasteiger partial charge in [-0.3, -0.25) is 0 Å². The summed E-state index contributed by atoms with van der Waals surface area (Å²) in [4.78, 5) is 0.201. The second-order valence-electron chi connectivity index (χ2n) is 3.08. The highest BCUT2D eigenvalue weighted by molar-refractivity contribution is 7.90. The van der Waals surface area contributed by atoms with Crippen LogP contribution in [0.5, 0.6) is 0 Å². The molecule has 1 rings (SSSR count). The van der Waals surface area contributed by atoms with Gasteiger partial charge in [-0.2, -0.15) is 0 Å². The van der Waals surface area contributed by atoms with Gasteiger partial charge in [0, 0.05) is 12.8 Å². The first-order valence-corrected chi connectivity index (χ1v) is 6.01. The maximum Gasteiger partial charge on any atom is 0.175 e. The van der Waals surface area contributed by atoms with Crippen molar-refractivity contribution in [1.82, 2.24) is 0 Å². The van der Waals surface area contributed by atoms with Crippen LogP contribution in [0.4, 0.5) is 0 Å². The van der Waals surface area contributed by atoms with Crippen LogP contribution in [-0.2, 0) is 23.0 Å². The summed E-state index contributed by atoms with van der Waals surface area (Å²) in [5.74, 6) is 0. The van der Waals surface area contributed by atoms with E-state index in [2.05, 4.69) is 0 Å². The smallest absolute Gasteiger partial charge is 0.175 e. The minimum atomic E-state index is -3.27. The SMILES string of the molecule is CS(=O)(=O)c1cc(CO)ccc1CN. The molecule has 1 aromatic rings. The van der Waals surface area contributed by atoms with Crippen LogP contribution < -0.4 is 5.73 Å². The van der Waals surface area contributed by atoms with Gasteiger partial charge >= 0.3 is 0 Å². The Bertz CT molecular complexity index is 426. The molecule has 0 aromatic heterocycles.